The van der Waals surface area contributed by atoms with Crippen LogP contribution in [-0.4, -0.2) is 23.1 Å². The summed E-state index contributed by atoms with van der Waals surface area (Å²) in [6.45, 7) is 11.4. The maximum Gasteiger partial charge on any atom is 0.225 e. The first-order valence-corrected chi connectivity index (χ1v) is 11.3. The number of aromatic nitrogens is 2. The molecule has 0 aromatic carbocycles. The summed E-state index contributed by atoms with van der Waals surface area (Å²) < 4.78 is 0. The van der Waals surface area contributed by atoms with E-state index in [9.17, 15) is 0 Å². The molecular weight excluding hydrogens is 330 g/mol. The van der Waals surface area contributed by atoms with Crippen molar-refractivity contribution >= 4 is 5.95 Å². The van der Waals surface area contributed by atoms with Gasteiger partial charge in [0.15, 0.2) is 0 Å². The van der Waals surface area contributed by atoms with Crippen molar-refractivity contribution < 1.29 is 0 Å². The molecule has 0 amide bonds. The Morgan fingerprint density at radius 2 is 1.59 bits per heavy atom. The van der Waals surface area contributed by atoms with Crippen molar-refractivity contribution in [3.63, 3.8) is 0 Å². The third-order valence-electron chi connectivity index (χ3n) is 6.73. The number of hydrogen-bond acceptors (Lipinski definition) is 3. The Bertz CT molecular complexity index is 574. The number of nitrogens with zero attached hydrogens (tertiary/aromatic N) is 3. The van der Waals surface area contributed by atoms with E-state index in [1.807, 2.05) is 0 Å². The Balaban J connectivity index is 1.47. The predicted octanol–water partition coefficient (Wildman–Crippen LogP) is 6.23. The topological polar surface area (TPSA) is 29.0 Å². The molecule has 3 rings (SSSR count). The summed E-state index contributed by atoms with van der Waals surface area (Å²) in [5, 5.41) is 0. The third kappa shape index (κ3) is 5.80. The van der Waals surface area contributed by atoms with Crippen LogP contribution in [0.1, 0.15) is 84.1 Å². The molecule has 1 saturated carbocycles. The zero-order chi connectivity index (χ0) is 19.2. The van der Waals surface area contributed by atoms with Crippen LogP contribution < -0.4 is 4.90 Å². The molecule has 150 valence electrons. The standard InChI is InChI=1S/C24H39N3/c1-18(2)6-5-7-20-8-10-22(11-9-20)23-16-25-24(26-17-23)27-14-12-21(13-15-27)19(3)4/h5-6,16-22H,7-15H2,1-4H3/b6-5+/t20-,22+. The molecule has 0 bridgehead atoms. The molecule has 2 fully saturated rings. The van der Waals surface area contributed by atoms with E-state index in [1.54, 1.807) is 0 Å². The molecule has 1 aliphatic heterocycles. The van der Waals surface area contributed by atoms with Gasteiger partial charge >= 0.3 is 0 Å². The summed E-state index contributed by atoms with van der Waals surface area (Å²) in [6, 6.07) is 0. The fraction of sp³-hybridized carbons (Fsp3) is 0.750. The van der Waals surface area contributed by atoms with Crippen LogP contribution in [0, 0.1) is 23.7 Å². The van der Waals surface area contributed by atoms with Gasteiger partial charge in [0, 0.05) is 25.5 Å². The van der Waals surface area contributed by atoms with Crippen LogP contribution in [0.2, 0.25) is 0 Å². The molecule has 2 aliphatic rings. The van der Waals surface area contributed by atoms with Crippen LogP contribution >= 0.6 is 0 Å². The third-order valence-corrected chi connectivity index (χ3v) is 6.73. The second-order valence-electron chi connectivity index (χ2n) is 9.51. The van der Waals surface area contributed by atoms with Crippen molar-refractivity contribution in [2.24, 2.45) is 23.7 Å². The molecule has 1 aliphatic carbocycles. The minimum atomic E-state index is 0.663. The normalized spacial score (nSPS) is 25.0. The van der Waals surface area contributed by atoms with Gasteiger partial charge in [-0.3, -0.25) is 0 Å². The van der Waals surface area contributed by atoms with E-state index in [4.69, 9.17) is 9.97 Å². The molecule has 0 unspecified atom stereocenters. The molecule has 27 heavy (non-hydrogen) atoms. The molecular formula is C24H39N3. The van der Waals surface area contributed by atoms with Crippen LogP contribution in [0.3, 0.4) is 0 Å². The van der Waals surface area contributed by atoms with Crippen LogP contribution in [0.5, 0.6) is 0 Å². The van der Waals surface area contributed by atoms with E-state index in [0.29, 0.717) is 11.8 Å². The molecule has 1 aromatic heterocycles. The van der Waals surface area contributed by atoms with E-state index in [0.717, 1.165) is 36.8 Å². The molecule has 0 N–H and O–H groups in total. The molecule has 1 aromatic rings. The van der Waals surface area contributed by atoms with Crippen molar-refractivity contribution in [1.29, 1.82) is 0 Å². The second-order valence-corrected chi connectivity index (χ2v) is 9.51. The fourth-order valence-corrected chi connectivity index (χ4v) is 4.75. The van der Waals surface area contributed by atoms with Gasteiger partial charge in [-0.2, -0.15) is 0 Å². The van der Waals surface area contributed by atoms with Gasteiger partial charge in [-0.15, -0.1) is 0 Å². The lowest BCUT2D eigenvalue weighted by atomic mass is 9.78. The second kappa shape index (κ2) is 9.71. The van der Waals surface area contributed by atoms with Crippen LogP contribution in [0.4, 0.5) is 5.95 Å². The highest BCUT2D eigenvalue weighted by Crippen LogP contribution is 2.37. The first-order chi connectivity index (χ1) is 13.0. The highest BCUT2D eigenvalue weighted by molar-refractivity contribution is 5.31. The molecule has 2 heterocycles. The highest BCUT2D eigenvalue weighted by atomic mass is 15.2. The van der Waals surface area contributed by atoms with Gasteiger partial charge in [-0.25, -0.2) is 9.97 Å². The molecule has 1 saturated heterocycles. The van der Waals surface area contributed by atoms with Gasteiger partial charge in [0.1, 0.15) is 0 Å². The lowest BCUT2D eigenvalue weighted by molar-refractivity contribution is 0.309. The van der Waals surface area contributed by atoms with Gasteiger partial charge < -0.3 is 4.90 Å². The fourth-order valence-electron chi connectivity index (χ4n) is 4.75. The average Bonchev–Trinajstić information content (AvgIpc) is 2.68. The Labute approximate surface area is 166 Å². The maximum absolute atomic E-state index is 4.74. The van der Waals surface area contributed by atoms with Crippen molar-refractivity contribution in [3.05, 3.63) is 30.1 Å². The number of hydrogen-bond donors (Lipinski definition) is 0. The van der Waals surface area contributed by atoms with Gasteiger partial charge in [0.2, 0.25) is 5.95 Å². The highest BCUT2D eigenvalue weighted by Gasteiger charge is 2.25. The van der Waals surface area contributed by atoms with E-state index in [1.165, 1.54) is 50.5 Å². The maximum atomic E-state index is 4.74. The summed E-state index contributed by atoms with van der Waals surface area (Å²) >= 11 is 0. The van der Waals surface area contributed by atoms with Gasteiger partial charge in [0.25, 0.3) is 0 Å². The molecule has 0 radical (unpaired) electrons. The molecule has 3 heteroatoms. The summed E-state index contributed by atoms with van der Waals surface area (Å²) in [4.78, 5) is 11.9. The van der Waals surface area contributed by atoms with Crippen molar-refractivity contribution in [3.8, 4) is 0 Å². The monoisotopic (exact) mass is 369 g/mol. The van der Waals surface area contributed by atoms with Crippen molar-refractivity contribution in [1.82, 2.24) is 9.97 Å². The minimum absolute atomic E-state index is 0.663. The van der Waals surface area contributed by atoms with Crippen LogP contribution in [0.25, 0.3) is 0 Å². The molecule has 0 atom stereocenters. The Hall–Kier alpha value is -1.38. The summed E-state index contributed by atoms with van der Waals surface area (Å²) in [5.74, 6) is 4.81. The lowest BCUT2D eigenvalue weighted by Crippen LogP contribution is -2.36. The molecule has 3 nitrogen and oxygen atoms in total. The largest absolute Gasteiger partial charge is 0.341 e. The Morgan fingerprint density at radius 3 is 2.15 bits per heavy atom. The van der Waals surface area contributed by atoms with Gasteiger partial charge in [-0.05, 0) is 80.1 Å². The summed E-state index contributed by atoms with van der Waals surface area (Å²) in [6.07, 6.45) is 18.1. The van der Waals surface area contributed by atoms with Gasteiger partial charge in [-0.1, -0.05) is 39.8 Å². The molecule has 0 spiro atoms. The number of rotatable bonds is 6. The quantitative estimate of drug-likeness (QED) is 0.557. The first kappa shape index (κ1) is 20.4. The van der Waals surface area contributed by atoms with Crippen LogP contribution in [-0.2, 0) is 0 Å². The number of piperidine rings is 1. The van der Waals surface area contributed by atoms with Crippen LogP contribution in [0.15, 0.2) is 24.5 Å². The Morgan fingerprint density at radius 1 is 0.963 bits per heavy atom. The zero-order valence-corrected chi connectivity index (χ0v) is 17.9. The number of allylic oxidation sites excluding steroid dienone is 2. The average molecular weight is 370 g/mol. The summed E-state index contributed by atoms with van der Waals surface area (Å²) in [7, 11) is 0. The van der Waals surface area contributed by atoms with E-state index in [2.05, 4.69) is 57.1 Å². The van der Waals surface area contributed by atoms with E-state index >= 15 is 0 Å². The number of anilines is 1. The Kier molecular flexibility index (Phi) is 7.32. The first-order valence-electron chi connectivity index (χ1n) is 11.3. The zero-order valence-electron chi connectivity index (χ0n) is 17.9. The van der Waals surface area contributed by atoms with E-state index < -0.39 is 0 Å². The summed E-state index contributed by atoms with van der Waals surface area (Å²) in [5.41, 5.74) is 1.35. The minimum Gasteiger partial charge on any atom is -0.341 e. The predicted molar refractivity (Wildman–Crippen MR) is 115 cm³/mol. The van der Waals surface area contributed by atoms with Crippen molar-refractivity contribution in [2.75, 3.05) is 18.0 Å². The van der Waals surface area contributed by atoms with Gasteiger partial charge in [0.05, 0.1) is 0 Å². The SMILES string of the molecule is CC(C)/C=C/C[C@H]1CC[C@@H](c2cnc(N3CCC(C(C)C)CC3)nc2)CC1. The lowest BCUT2D eigenvalue weighted by Gasteiger charge is -2.34. The van der Waals surface area contributed by atoms with E-state index in [-0.39, 0.29) is 0 Å². The van der Waals surface area contributed by atoms with Crippen molar-refractivity contribution in [2.45, 2.75) is 78.6 Å². The smallest absolute Gasteiger partial charge is 0.225 e.